The highest BCUT2D eigenvalue weighted by Gasteiger charge is 2.26. The number of Topliss-reactive ketones (excluding diaryl/α,β-unsaturated/α-hetero) is 1. The zero-order chi connectivity index (χ0) is 22.7. The number of amides is 1. The number of anilines is 1. The highest BCUT2D eigenvalue weighted by atomic mass is 32.1. The zero-order valence-electron chi connectivity index (χ0n) is 17.4. The molecule has 0 spiro atoms. The van der Waals surface area contributed by atoms with Gasteiger partial charge in [-0.1, -0.05) is 24.3 Å². The molecule has 0 fully saturated rings. The summed E-state index contributed by atoms with van der Waals surface area (Å²) in [5.41, 5.74) is 0.672. The van der Waals surface area contributed by atoms with Gasteiger partial charge in [-0.15, -0.1) is 17.9 Å². The summed E-state index contributed by atoms with van der Waals surface area (Å²) in [5, 5.41) is 3.31. The summed E-state index contributed by atoms with van der Waals surface area (Å²) in [4.78, 5) is 50.1. The normalized spacial score (nSPS) is 10.7. The quantitative estimate of drug-likeness (QED) is 0.251. The molecular weight excluding hydrogens is 418 g/mol. The van der Waals surface area contributed by atoms with Crippen molar-refractivity contribution in [2.75, 3.05) is 11.9 Å². The van der Waals surface area contributed by atoms with Crippen molar-refractivity contribution in [2.45, 2.75) is 27.2 Å². The molecule has 0 aliphatic heterocycles. The summed E-state index contributed by atoms with van der Waals surface area (Å²) >= 11 is 0.964. The molecule has 0 saturated heterocycles. The van der Waals surface area contributed by atoms with Crippen LogP contribution in [0.3, 0.4) is 0 Å². The Kier molecular flexibility index (Phi) is 6.50. The smallest absolute Gasteiger partial charge is 0.349 e. The van der Waals surface area contributed by atoms with Crippen LogP contribution in [0.5, 0.6) is 0 Å². The predicted octanol–water partition coefficient (Wildman–Crippen LogP) is 4.52. The summed E-state index contributed by atoms with van der Waals surface area (Å²) in [5.74, 6) is -1.64. The minimum absolute atomic E-state index is 0.101. The van der Waals surface area contributed by atoms with E-state index < -0.39 is 17.5 Å². The number of para-hydroxylation sites is 1. The lowest BCUT2D eigenvalue weighted by molar-refractivity contribution is 0.0527. The Morgan fingerprint density at radius 3 is 2.68 bits per heavy atom. The Morgan fingerprint density at radius 1 is 1.29 bits per heavy atom. The summed E-state index contributed by atoms with van der Waals surface area (Å²) in [6.07, 6.45) is 2.20. The molecule has 0 bridgehead atoms. The van der Waals surface area contributed by atoms with Crippen molar-refractivity contribution in [3.8, 4) is 0 Å². The van der Waals surface area contributed by atoms with Gasteiger partial charge < -0.3 is 14.5 Å². The molecule has 0 unspecified atom stereocenters. The molecule has 0 atom stereocenters. The summed E-state index contributed by atoms with van der Waals surface area (Å²) in [7, 11) is 0. The first-order chi connectivity index (χ1) is 14.8. The highest BCUT2D eigenvalue weighted by Crippen LogP contribution is 2.34. The maximum Gasteiger partial charge on any atom is 0.349 e. The van der Waals surface area contributed by atoms with E-state index in [9.17, 15) is 19.2 Å². The van der Waals surface area contributed by atoms with Crippen molar-refractivity contribution in [3.05, 3.63) is 74.5 Å². The number of carbonyl (C=O) groups excluding carboxylic acids is 3. The number of allylic oxidation sites excluding steroid dienone is 1. The van der Waals surface area contributed by atoms with Crippen molar-refractivity contribution < 1.29 is 23.5 Å². The van der Waals surface area contributed by atoms with E-state index in [0.717, 1.165) is 16.9 Å². The Bertz CT molecular complexity index is 1270. The van der Waals surface area contributed by atoms with Crippen molar-refractivity contribution >= 4 is 45.0 Å². The van der Waals surface area contributed by atoms with Gasteiger partial charge in [-0.05, 0) is 44.4 Å². The Balaban J connectivity index is 2.04. The van der Waals surface area contributed by atoms with Gasteiger partial charge in [-0.3, -0.25) is 9.59 Å². The number of esters is 1. The van der Waals surface area contributed by atoms with Gasteiger partial charge in [0.25, 0.3) is 5.91 Å². The Labute approximate surface area is 182 Å². The maximum absolute atomic E-state index is 12.9. The van der Waals surface area contributed by atoms with Gasteiger partial charge in [0.05, 0.1) is 17.0 Å². The molecule has 3 rings (SSSR count). The van der Waals surface area contributed by atoms with Gasteiger partial charge in [0, 0.05) is 5.39 Å². The monoisotopic (exact) mass is 439 g/mol. The van der Waals surface area contributed by atoms with E-state index in [0.29, 0.717) is 27.8 Å². The SMILES string of the molecule is C=CCc1cccc2cc(C(=O)Nc3sc(C(C)=O)c(C)c3C(=O)OCC)c(=O)oc12. The summed E-state index contributed by atoms with van der Waals surface area (Å²) in [6, 6.07) is 6.79. The molecule has 2 aromatic heterocycles. The number of benzene rings is 1. The molecular formula is C23H21NO6S. The fraction of sp³-hybridized carbons (Fsp3) is 0.217. The largest absolute Gasteiger partial charge is 0.462 e. The molecule has 7 nitrogen and oxygen atoms in total. The van der Waals surface area contributed by atoms with Crippen LogP contribution in [-0.2, 0) is 11.2 Å². The number of hydrogen-bond donors (Lipinski definition) is 1. The first-order valence-corrected chi connectivity index (χ1v) is 10.4. The number of fused-ring (bicyclic) bond motifs is 1. The predicted molar refractivity (Wildman–Crippen MR) is 119 cm³/mol. The first-order valence-electron chi connectivity index (χ1n) is 9.57. The van der Waals surface area contributed by atoms with Crippen LogP contribution in [0.4, 0.5) is 5.00 Å². The number of hydrogen-bond acceptors (Lipinski definition) is 7. The molecule has 0 aliphatic rings. The molecule has 1 aromatic carbocycles. The standard InChI is InChI=1S/C23H21NO6S/c1-5-8-14-9-7-10-15-11-16(22(27)30-18(14)15)20(26)24-21-17(23(28)29-6-2)12(3)19(31-21)13(4)25/h5,7,9-11H,1,6,8H2,2-4H3,(H,24,26). The molecule has 2 heterocycles. The van der Waals surface area contributed by atoms with E-state index >= 15 is 0 Å². The lowest BCUT2D eigenvalue weighted by Crippen LogP contribution is -2.21. The number of thiophene rings is 1. The third kappa shape index (κ3) is 4.34. The van der Waals surface area contributed by atoms with E-state index in [1.54, 1.807) is 32.1 Å². The van der Waals surface area contributed by atoms with E-state index in [1.807, 2.05) is 6.07 Å². The molecule has 0 saturated carbocycles. The topological polar surface area (TPSA) is 103 Å². The third-order valence-electron chi connectivity index (χ3n) is 4.62. The van der Waals surface area contributed by atoms with Crippen LogP contribution in [0, 0.1) is 6.92 Å². The van der Waals surface area contributed by atoms with Crippen LogP contribution >= 0.6 is 11.3 Å². The summed E-state index contributed by atoms with van der Waals surface area (Å²) in [6.45, 7) is 8.47. The van der Waals surface area contributed by atoms with Gasteiger partial charge in [0.15, 0.2) is 5.78 Å². The van der Waals surface area contributed by atoms with E-state index in [2.05, 4.69) is 11.9 Å². The Morgan fingerprint density at radius 2 is 2.03 bits per heavy atom. The van der Waals surface area contributed by atoms with Crippen molar-refractivity contribution in [1.29, 1.82) is 0 Å². The van der Waals surface area contributed by atoms with Crippen LogP contribution in [0.2, 0.25) is 0 Å². The van der Waals surface area contributed by atoms with Gasteiger partial charge in [-0.25, -0.2) is 9.59 Å². The maximum atomic E-state index is 12.9. The second-order valence-electron chi connectivity index (χ2n) is 6.77. The van der Waals surface area contributed by atoms with Crippen molar-refractivity contribution in [1.82, 2.24) is 0 Å². The van der Waals surface area contributed by atoms with Crippen LogP contribution in [0.15, 0.2) is 46.1 Å². The van der Waals surface area contributed by atoms with Gasteiger partial charge in [0.2, 0.25) is 0 Å². The molecule has 0 aliphatic carbocycles. The number of nitrogens with one attached hydrogen (secondary N) is 1. The lowest BCUT2D eigenvalue weighted by Gasteiger charge is -2.08. The van der Waals surface area contributed by atoms with Crippen LogP contribution in [0.1, 0.15) is 55.4 Å². The fourth-order valence-electron chi connectivity index (χ4n) is 3.24. The molecule has 0 radical (unpaired) electrons. The molecule has 31 heavy (non-hydrogen) atoms. The van der Waals surface area contributed by atoms with Crippen molar-refractivity contribution in [2.24, 2.45) is 0 Å². The van der Waals surface area contributed by atoms with E-state index in [-0.39, 0.29) is 28.5 Å². The number of ether oxygens (including phenoxy) is 1. The van der Waals surface area contributed by atoms with Gasteiger partial charge >= 0.3 is 11.6 Å². The van der Waals surface area contributed by atoms with Crippen LogP contribution < -0.4 is 10.9 Å². The number of rotatable bonds is 7. The van der Waals surface area contributed by atoms with E-state index in [1.165, 1.54) is 13.0 Å². The van der Waals surface area contributed by atoms with E-state index in [4.69, 9.17) is 9.15 Å². The fourth-order valence-corrected chi connectivity index (χ4v) is 4.32. The first kappa shape index (κ1) is 22.2. The van der Waals surface area contributed by atoms with Gasteiger partial charge in [-0.2, -0.15) is 0 Å². The molecule has 3 aromatic rings. The molecule has 1 amide bonds. The molecule has 8 heteroatoms. The van der Waals surface area contributed by atoms with Gasteiger partial charge in [0.1, 0.15) is 16.1 Å². The number of ketones is 1. The average Bonchev–Trinajstić information content (AvgIpc) is 3.04. The highest BCUT2D eigenvalue weighted by molar-refractivity contribution is 7.18. The lowest BCUT2D eigenvalue weighted by atomic mass is 10.1. The minimum atomic E-state index is -0.806. The Hall–Kier alpha value is -3.52. The second-order valence-corrected chi connectivity index (χ2v) is 7.79. The number of carbonyl (C=O) groups is 3. The minimum Gasteiger partial charge on any atom is -0.462 e. The van der Waals surface area contributed by atoms with Crippen LogP contribution in [-0.4, -0.2) is 24.3 Å². The third-order valence-corrected chi connectivity index (χ3v) is 5.93. The zero-order valence-corrected chi connectivity index (χ0v) is 18.2. The molecule has 160 valence electrons. The van der Waals surface area contributed by atoms with Crippen LogP contribution in [0.25, 0.3) is 11.0 Å². The van der Waals surface area contributed by atoms with Crippen molar-refractivity contribution in [3.63, 3.8) is 0 Å². The average molecular weight is 439 g/mol. The molecule has 1 N–H and O–H groups in total. The summed E-state index contributed by atoms with van der Waals surface area (Å²) < 4.78 is 10.5. The second kappa shape index (κ2) is 9.09.